The minimum Gasteiger partial charge on any atom is -0.286 e. The van der Waals surface area contributed by atoms with Gasteiger partial charge in [-0.1, -0.05) is 29.8 Å². The summed E-state index contributed by atoms with van der Waals surface area (Å²) in [6, 6.07) is 11.9. The third-order valence-electron chi connectivity index (χ3n) is 2.95. The Morgan fingerprint density at radius 3 is 2.89 bits per heavy atom. The van der Waals surface area contributed by atoms with E-state index in [1.165, 1.54) is 0 Å². The zero-order valence-corrected chi connectivity index (χ0v) is 10.7. The van der Waals surface area contributed by atoms with Crippen molar-refractivity contribution in [1.82, 2.24) is 14.6 Å². The average molecular weight is 258 g/mol. The molecule has 18 heavy (non-hydrogen) atoms. The summed E-state index contributed by atoms with van der Waals surface area (Å²) in [5.41, 5.74) is 3.18. The number of aromatic nitrogens is 3. The van der Waals surface area contributed by atoms with Crippen molar-refractivity contribution in [3.05, 3.63) is 64.6 Å². The van der Waals surface area contributed by atoms with E-state index in [0.717, 1.165) is 34.0 Å². The van der Waals surface area contributed by atoms with E-state index in [1.54, 1.807) is 0 Å². The number of fused-ring (bicyclic) bond motifs is 1. The Kier molecular flexibility index (Phi) is 2.76. The van der Waals surface area contributed by atoms with Gasteiger partial charge in [-0.15, -0.1) is 10.2 Å². The Morgan fingerprint density at radius 2 is 2.06 bits per heavy atom. The van der Waals surface area contributed by atoms with Crippen LogP contribution >= 0.6 is 11.6 Å². The Morgan fingerprint density at radius 1 is 1.17 bits per heavy atom. The predicted octanol–water partition coefficient (Wildman–Crippen LogP) is 3.28. The van der Waals surface area contributed by atoms with Crippen LogP contribution in [0.3, 0.4) is 0 Å². The smallest absolute Gasteiger partial charge is 0.163 e. The molecular weight excluding hydrogens is 246 g/mol. The van der Waals surface area contributed by atoms with Crippen molar-refractivity contribution in [2.75, 3.05) is 0 Å². The maximum absolute atomic E-state index is 5.99. The minimum absolute atomic E-state index is 0.727. The summed E-state index contributed by atoms with van der Waals surface area (Å²) < 4.78 is 2.02. The van der Waals surface area contributed by atoms with Crippen LogP contribution in [0.1, 0.15) is 17.0 Å². The largest absolute Gasteiger partial charge is 0.286 e. The number of hydrogen-bond donors (Lipinski definition) is 0. The van der Waals surface area contributed by atoms with Gasteiger partial charge in [0, 0.05) is 17.6 Å². The van der Waals surface area contributed by atoms with Crippen LogP contribution in [-0.4, -0.2) is 14.6 Å². The molecule has 2 heterocycles. The van der Waals surface area contributed by atoms with Crippen LogP contribution in [0.5, 0.6) is 0 Å². The van der Waals surface area contributed by atoms with Crippen LogP contribution in [0.2, 0.25) is 5.02 Å². The molecule has 0 amide bonds. The molecule has 0 spiro atoms. The van der Waals surface area contributed by atoms with Crippen molar-refractivity contribution in [2.24, 2.45) is 0 Å². The van der Waals surface area contributed by atoms with Gasteiger partial charge in [-0.3, -0.25) is 4.40 Å². The van der Waals surface area contributed by atoms with Gasteiger partial charge < -0.3 is 0 Å². The van der Waals surface area contributed by atoms with Crippen molar-refractivity contribution in [3.8, 4) is 0 Å². The van der Waals surface area contributed by atoms with Gasteiger partial charge in [-0.05, 0) is 36.2 Å². The predicted molar refractivity (Wildman–Crippen MR) is 72.0 cm³/mol. The van der Waals surface area contributed by atoms with Crippen LogP contribution in [0.25, 0.3) is 5.65 Å². The van der Waals surface area contributed by atoms with Crippen molar-refractivity contribution < 1.29 is 0 Å². The molecule has 3 aromatic rings. The highest BCUT2D eigenvalue weighted by atomic mass is 35.5. The number of benzene rings is 1. The molecular formula is C14H12ClN3. The summed E-state index contributed by atoms with van der Waals surface area (Å²) >= 11 is 5.99. The second-order valence-electron chi connectivity index (χ2n) is 4.31. The first kappa shape index (κ1) is 11.2. The zero-order valence-electron chi connectivity index (χ0n) is 9.97. The summed E-state index contributed by atoms with van der Waals surface area (Å²) in [7, 11) is 0. The van der Waals surface area contributed by atoms with Crippen LogP contribution in [-0.2, 0) is 6.42 Å². The van der Waals surface area contributed by atoms with E-state index in [-0.39, 0.29) is 0 Å². The Hall–Kier alpha value is -1.87. The average Bonchev–Trinajstić information content (AvgIpc) is 2.74. The number of hydrogen-bond acceptors (Lipinski definition) is 2. The highest BCUT2D eigenvalue weighted by molar-refractivity contribution is 6.30. The molecule has 0 fully saturated rings. The molecule has 90 valence electrons. The summed E-state index contributed by atoms with van der Waals surface area (Å²) in [4.78, 5) is 0. The summed E-state index contributed by atoms with van der Waals surface area (Å²) in [5.74, 6) is 0.927. The molecule has 0 saturated heterocycles. The minimum atomic E-state index is 0.727. The number of halogens is 1. The SMILES string of the molecule is Cc1cccn2c(Cc3cccc(Cl)c3)nnc12. The molecule has 0 aliphatic carbocycles. The number of aryl methyl sites for hydroxylation is 1. The first-order valence-electron chi connectivity index (χ1n) is 5.78. The Labute approximate surface area is 110 Å². The van der Waals surface area contributed by atoms with Gasteiger partial charge >= 0.3 is 0 Å². The molecule has 3 nitrogen and oxygen atoms in total. The number of nitrogens with zero attached hydrogens (tertiary/aromatic N) is 3. The lowest BCUT2D eigenvalue weighted by atomic mass is 10.1. The van der Waals surface area contributed by atoms with Crippen molar-refractivity contribution in [3.63, 3.8) is 0 Å². The number of pyridine rings is 1. The van der Waals surface area contributed by atoms with Gasteiger partial charge in [0.15, 0.2) is 5.65 Å². The second kappa shape index (κ2) is 4.42. The summed E-state index contributed by atoms with van der Waals surface area (Å²) in [6.07, 6.45) is 2.72. The fourth-order valence-corrected chi connectivity index (χ4v) is 2.26. The maximum atomic E-state index is 5.99. The molecule has 3 rings (SSSR count). The Balaban J connectivity index is 2.03. The van der Waals surface area contributed by atoms with Crippen LogP contribution in [0.4, 0.5) is 0 Å². The molecule has 0 N–H and O–H groups in total. The molecule has 0 radical (unpaired) electrons. The van der Waals surface area contributed by atoms with Crippen molar-refractivity contribution >= 4 is 17.2 Å². The van der Waals surface area contributed by atoms with E-state index < -0.39 is 0 Å². The van der Waals surface area contributed by atoms with Crippen LogP contribution in [0.15, 0.2) is 42.6 Å². The van der Waals surface area contributed by atoms with Gasteiger partial charge in [0.25, 0.3) is 0 Å². The molecule has 0 atom stereocenters. The van der Waals surface area contributed by atoms with Crippen molar-refractivity contribution in [2.45, 2.75) is 13.3 Å². The van der Waals surface area contributed by atoms with E-state index in [9.17, 15) is 0 Å². The first-order valence-corrected chi connectivity index (χ1v) is 6.15. The standard InChI is InChI=1S/C14H12ClN3/c1-10-4-3-7-18-13(16-17-14(10)18)9-11-5-2-6-12(15)8-11/h2-8H,9H2,1H3. The fraction of sp³-hybridized carbons (Fsp3) is 0.143. The van der Waals surface area contributed by atoms with E-state index in [0.29, 0.717) is 0 Å². The van der Waals surface area contributed by atoms with Gasteiger partial charge in [-0.2, -0.15) is 0 Å². The molecule has 0 bridgehead atoms. The normalized spacial score (nSPS) is 11.0. The van der Waals surface area contributed by atoms with E-state index >= 15 is 0 Å². The lowest BCUT2D eigenvalue weighted by molar-refractivity contribution is 0.934. The summed E-state index contributed by atoms with van der Waals surface area (Å²) in [5, 5.41) is 9.22. The lowest BCUT2D eigenvalue weighted by Crippen LogP contribution is -1.96. The third kappa shape index (κ3) is 1.97. The topological polar surface area (TPSA) is 30.2 Å². The molecule has 4 heteroatoms. The van der Waals surface area contributed by atoms with Gasteiger partial charge in [-0.25, -0.2) is 0 Å². The molecule has 0 saturated carbocycles. The van der Waals surface area contributed by atoms with Crippen LogP contribution < -0.4 is 0 Å². The third-order valence-corrected chi connectivity index (χ3v) is 3.19. The van der Waals surface area contributed by atoms with Crippen LogP contribution in [0, 0.1) is 6.92 Å². The van der Waals surface area contributed by atoms with Gasteiger partial charge in [0.05, 0.1) is 0 Å². The zero-order chi connectivity index (χ0) is 12.5. The maximum Gasteiger partial charge on any atom is 0.163 e. The highest BCUT2D eigenvalue weighted by Gasteiger charge is 2.07. The summed E-state index contributed by atoms with van der Waals surface area (Å²) in [6.45, 7) is 2.03. The van der Waals surface area contributed by atoms with E-state index in [4.69, 9.17) is 11.6 Å². The monoisotopic (exact) mass is 257 g/mol. The molecule has 0 aliphatic heterocycles. The van der Waals surface area contributed by atoms with E-state index in [2.05, 4.69) is 10.2 Å². The quantitative estimate of drug-likeness (QED) is 0.705. The second-order valence-corrected chi connectivity index (χ2v) is 4.74. The van der Waals surface area contributed by atoms with Gasteiger partial charge in [0.2, 0.25) is 0 Å². The fourth-order valence-electron chi connectivity index (χ4n) is 2.05. The number of rotatable bonds is 2. The molecule has 0 aliphatic rings. The highest BCUT2D eigenvalue weighted by Crippen LogP contribution is 2.15. The lowest BCUT2D eigenvalue weighted by Gasteiger charge is -2.02. The molecule has 2 aromatic heterocycles. The molecule has 0 unspecified atom stereocenters. The van der Waals surface area contributed by atoms with Crippen molar-refractivity contribution in [1.29, 1.82) is 0 Å². The van der Waals surface area contributed by atoms with Gasteiger partial charge in [0.1, 0.15) is 5.82 Å². The van der Waals surface area contributed by atoms with E-state index in [1.807, 2.05) is 53.9 Å². The Bertz CT molecular complexity index is 703. The molecule has 1 aromatic carbocycles. The first-order chi connectivity index (χ1) is 8.74.